The molecule has 0 aliphatic carbocycles. The number of rotatable bonds is 6. The third kappa shape index (κ3) is 4.81. The highest BCUT2D eigenvalue weighted by molar-refractivity contribution is 9.10. The van der Waals surface area contributed by atoms with Crippen LogP contribution in [0.25, 0.3) is 0 Å². The third-order valence-electron chi connectivity index (χ3n) is 3.71. The standard InChI is InChI=1S/C18H21BrN2O2/c1-2-21(12-14-11-15(19)8-9-17(14)22)18(23)16(20)10-13-6-4-3-5-7-13/h3-9,11,16,22H,2,10,12,20H2,1H3. The van der Waals surface area contributed by atoms with Crippen molar-refractivity contribution in [3.8, 4) is 5.75 Å². The second kappa shape index (κ2) is 8.13. The monoisotopic (exact) mass is 376 g/mol. The number of carbonyl (C=O) groups excluding carboxylic acids is 1. The number of nitrogens with zero attached hydrogens (tertiary/aromatic N) is 1. The zero-order valence-electron chi connectivity index (χ0n) is 13.1. The maximum absolute atomic E-state index is 12.6. The van der Waals surface area contributed by atoms with E-state index in [-0.39, 0.29) is 11.7 Å². The van der Waals surface area contributed by atoms with Gasteiger partial charge in [-0.3, -0.25) is 4.79 Å². The highest BCUT2D eigenvalue weighted by Crippen LogP contribution is 2.23. The largest absolute Gasteiger partial charge is 0.508 e. The normalized spacial score (nSPS) is 12.0. The van der Waals surface area contributed by atoms with Gasteiger partial charge in [0.25, 0.3) is 0 Å². The number of phenols is 1. The molecule has 0 radical (unpaired) electrons. The minimum absolute atomic E-state index is 0.115. The molecule has 0 saturated heterocycles. The van der Waals surface area contributed by atoms with E-state index in [1.54, 1.807) is 17.0 Å². The molecule has 2 aromatic rings. The van der Waals surface area contributed by atoms with Gasteiger partial charge in [-0.25, -0.2) is 0 Å². The summed E-state index contributed by atoms with van der Waals surface area (Å²) in [6.07, 6.45) is 0.501. The first-order valence-corrected chi connectivity index (χ1v) is 8.36. The molecule has 5 heteroatoms. The molecule has 0 spiro atoms. The molecule has 4 nitrogen and oxygen atoms in total. The average molecular weight is 377 g/mol. The second-order valence-electron chi connectivity index (χ2n) is 5.42. The van der Waals surface area contributed by atoms with Crippen LogP contribution in [0.5, 0.6) is 5.75 Å². The summed E-state index contributed by atoms with van der Waals surface area (Å²) >= 11 is 3.38. The number of likely N-dealkylation sites (N-methyl/N-ethyl adjacent to an activating group) is 1. The lowest BCUT2D eigenvalue weighted by atomic mass is 10.1. The van der Waals surface area contributed by atoms with Crippen molar-refractivity contribution in [2.75, 3.05) is 6.54 Å². The number of benzene rings is 2. The van der Waals surface area contributed by atoms with Gasteiger partial charge >= 0.3 is 0 Å². The molecule has 1 unspecified atom stereocenters. The van der Waals surface area contributed by atoms with Gasteiger partial charge in [-0.1, -0.05) is 46.3 Å². The molecule has 122 valence electrons. The first kappa shape index (κ1) is 17.5. The summed E-state index contributed by atoms with van der Waals surface area (Å²) in [6, 6.07) is 14.3. The fourth-order valence-corrected chi connectivity index (χ4v) is 2.83. The Hall–Kier alpha value is -1.85. The number of phenolic OH excluding ortho intramolecular Hbond substituents is 1. The molecule has 0 heterocycles. The first-order chi connectivity index (χ1) is 11.0. The van der Waals surface area contributed by atoms with Crippen LogP contribution in [0.2, 0.25) is 0 Å². The van der Waals surface area contributed by atoms with Gasteiger partial charge in [0, 0.05) is 23.1 Å². The van der Waals surface area contributed by atoms with Crippen molar-refractivity contribution in [3.63, 3.8) is 0 Å². The van der Waals surface area contributed by atoms with Crippen LogP contribution in [0, 0.1) is 0 Å². The zero-order valence-corrected chi connectivity index (χ0v) is 14.7. The van der Waals surface area contributed by atoms with Gasteiger partial charge < -0.3 is 15.7 Å². The van der Waals surface area contributed by atoms with E-state index in [2.05, 4.69) is 15.9 Å². The minimum Gasteiger partial charge on any atom is -0.508 e. The number of hydrogen-bond donors (Lipinski definition) is 2. The Bertz CT molecular complexity index is 661. The Balaban J connectivity index is 2.07. The fourth-order valence-electron chi connectivity index (χ4n) is 2.42. The van der Waals surface area contributed by atoms with Crippen molar-refractivity contribution in [2.24, 2.45) is 5.73 Å². The predicted molar refractivity (Wildman–Crippen MR) is 95.0 cm³/mol. The summed E-state index contributed by atoms with van der Waals surface area (Å²) in [7, 11) is 0. The summed E-state index contributed by atoms with van der Waals surface area (Å²) in [4.78, 5) is 14.2. The molecule has 3 N–H and O–H groups in total. The fraction of sp³-hybridized carbons (Fsp3) is 0.278. The summed E-state index contributed by atoms with van der Waals surface area (Å²) in [6.45, 7) is 2.78. The van der Waals surface area contributed by atoms with Crippen LogP contribution in [-0.2, 0) is 17.8 Å². The number of hydrogen-bond acceptors (Lipinski definition) is 3. The zero-order chi connectivity index (χ0) is 16.8. The minimum atomic E-state index is -0.591. The molecular formula is C18H21BrN2O2. The molecule has 0 fully saturated rings. The Morgan fingerprint density at radius 2 is 1.96 bits per heavy atom. The maximum atomic E-state index is 12.6. The Labute approximate surface area is 145 Å². The van der Waals surface area contributed by atoms with Crippen molar-refractivity contribution >= 4 is 21.8 Å². The average Bonchev–Trinajstić information content (AvgIpc) is 2.56. The van der Waals surface area contributed by atoms with E-state index in [1.807, 2.05) is 43.3 Å². The number of nitrogens with two attached hydrogens (primary N) is 1. The van der Waals surface area contributed by atoms with Gasteiger partial charge in [0.1, 0.15) is 5.75 Å². The summed E-state index contributed by atoms with van der Waals surface area (Å²) in [5, 5.41) is 9.94. The van der Waals surface area contributed by atoms with Gasteiger partial charge in [0.15, 0.2) is 0 Å². The topological polar surface area (TPSA) is 66.6 Å². The number of carbonyl (C=O) groups is 1. The van der Waals surface area contributed by atoms with Gasteiger partial charge in [-0.05, 0) is 37.1 Å². The molecule has 1 amide bonds. The van der Waals surface area contributed by atoms with E-state index in [9.17, 15) is 9.90 Å². The van der Waals surface area contributed by atoms with Crippen molar-refractivity contribution in [2.45, 2.75) is 25.9 Å². The van der Waals surface area contributed by atoms with Crippen LogP contribution in [0.3, 0.4) is 0 Å². The summed E-state index contributed by atoms with van der Waals surface area (Å²) in [5.74, 6) is 0.0619. The molecule has 0 aliphatic rings. The van der Waals surface area contributed by atoms with Crippen molar-refractivity contribution in [1.29, 1.82) is 0 Å². The lowest BCUT2D eigenvalue weighted by Gasteiger charge is -2.25. The molecule has 0 saturated carbocycles. The van der Waals surface area contributed by atoms with Crippen molar-refractivity contribution in [3.05, 3.63) is 64.1 Å². The number of halogens is 1. The molecule has 1 atom stereocenters. The second-order valence-corrected chi connectivity index (χ2v) is 6.34. The van der Waals surface area contributed by atoms with Crippen LogP contribution in [-0.4, -0.2) is 28.5 Å². The molecule has 2 aromatic carbocycles. The smallest absolute Gasteiger partial charge is 0.240 e. The highest BCUT2D eigenvalue weighted by Gasteiger charge is 2.21. The molecule has 0 bridgehead atoms. The molecule has 2 rings (SSSR count). The predicted octanol–water partition coefficient (Wildman–Crippen LogP) is 3.07. The van der Waals surface area contributed by atoms with Crippen LogP contribution in [0.15, 0.2) is 53.0 Å². The van der Waals surface area contributed by atoms with E-state index in [4.69, 9.17) is 5.73 Å². The molecule has 0 aliphatic heterocycles. The summed E-state index contributed by atoms with van der Waals surface area (Å²) < 4.78 is 0.863. The van der Waals surface area contributed by atoms with Crippen molar-refractivity contribution in [1.82, 2.24) is 4.90 Å². The number of amides is 1. The summed E-state index contributed by atoms with van der Waals surface area (Å²) in [5.41, 5.74) is 7.82. The quantitative estimate of drug-likeness (QED) is 0.813. The van der Waals surface area contributed by atoms with Crippen LogP contribution in [0.1, 0.15) is 18.1 Å². The molecular weight excluding hydrogens is 356 g/mol. The SMILES string of the molecule is CCN(Cc1cc(Br)ccc1O)C(=O)C(N)Cc1ccccc1. The lowest BCUT2D eigenvalue weighted by molar-refractivity contribution is -0.133. The van der Waals surface area contributed by atoms with E-state index in [0.717, 1.165) is 10.0 Å². The van der Waals surface area contributed by atoms with Crippen LogP contribution in [0.4, 0.5) is 0 Å². The Morgan fingerprint density at radius 3 is 2.61 bits per heavy atom. The van der Waals surface area contributed by atoms with Gasteiger partial charge in [-0.2, -0.15) is 0 Å². The third-order valence-corrected chi connectivity index (χ3v) is 4.21. The molecule has 23 heavy (non-hydrogen) atoms. The first-order valence-electron chi connectivity index (χ1n) is 7.57. The van der Waals surface area contributed by atoms with Crippen LogP contribution < -0.4 is 5.73 Å². The number of aromatic hydroxyl groups is 1. The maximum Gasteiger partial charge on any atom is 0.240 e. The van der Waals surface area contributed by atoms with Crippen LogP contribution >= 0.6 is 15.9 Å². The van der Waals surface area contributed by atoms with E-state index in [1.165, 1.54) is 0 Å². The van der Waals surface area contributed by atoms with E-state index in [0.29, 0.717) is 25.1 Å². The highest BCUT2D eigenvalue weighted by atomic mass is 79.9. The molecule has 0 aromatic heterocycles. The Kier molecular flexibility index (Phi) is 6.19. The van der Waals surface area contributed by atoms with Gasteiger partial charge in [0.05, 0.1) is 6.04 Å². The van der Waals surface area contributed by atoms with E-state index >= 15 is 0 Å². The van der Waals surface area contributed by atoms with Crippen molar-refractivity contribution < 1.29 is 9.90 Å². The Morgan fingerprint density at radius 1 is 1.26 bits per heavy atom. The van der Waals surface area contributed by atoms with E-state index < -0.39 is 6.04 Å². The lowest BCUT2D eigenvalue weighted by Crippen LogP contribution is -2.44. The van der Waals surface area contributed by atoms with Gasteiger partial charge in [-0.15, -0.1) is 0 Å². The van der Waals surface area contributed by atoms with Gasteiger partial charge in [0.2, 0.25) is 5.91 Å².